The van der Waals surface area contributed by atoms with Crippen LogP contribution >= 0.6 is 11.6 Å². The second kappa shape index (κ2) is 6.69. The largest absolute Gasteiger partial charge is 0.444 e. The molecule has 0 saturated carbocycles. The molecule has 1 saturated heterocycles. The van der Waals surface area contributed by atoms with Crippen LogP contribution < -0.4 is 4.90 Å². The summed E-state index contributed by atoms with van der Waals surface area (Å²) in [6.45, 7) is 6.98. The number of hydrogen-bond acceptors (Lipinski definition) is 5. The van der Waals surface area contributed by atoms with E-state index in [1.54, 1.807) is 11.0 Å². The molecule has 1 unspecified atom stereocenters. The molecule has 0 aliphatic carbocycles. The molecule has 0 N–H and O–H groups in total. The SMILES string of the molecule is CN(c1ccc(Cl)nn1)C1CCCN(C(=O)OC(C)(C)C)C1. The highest BCUT2D eigenvalue weighted by Crippen LogP contribution is 2.21. The summed E-state index contributed by atoms with van der Waals surface area (Å²) < 4.78 is 5.45. The molecule has 1 aliphatic heterocycles. The van der Waals surface area contributed by atoms with Crippen molar-refractivity contribution in [3.63, 3.8) is 0 Å². The van der Waals surface area contributed by atoms with Crippen LogP contribution in [0.2, 0.25) is 5.15 Å². The number of rotatable bonds is 2. The molecule has 0 bridgehead atoms. The van der Waals surface area contributed by atoms with Crippen LogP contribution in [0.4, 0.5) is 10.6 Å². The van der Waals surface area contributed by atoms with Crippen molar-refractivity contribution in [1.82, 2.24) is 15.1 Å². The molecular formula is C15H23ClN4O2. The highest BCUT2D eigenvalue weighted by molar-refractivity contribution is 6.29. The number of anilines is 1. The van der Waals surface area contributed by atoms with Crippen molar-refractivity contribution >= 4 is 23.5 Å². The predicted molar refractivity (Wildman–Crippen MR) is 86.3 cm³/mol. The van der Waals surface area contributed by atoms with Crippen molar-refractivity contribution in [2.24, 2.45) is 0 Å². The third-order valence-corrected chi connectivity index (χ3v) is 3.78. The Labute approximate surface area is 136 Å². The number of carbonyl (C=O) groups excluding carboxylic acids is 1. The van der Waals surface area contributed by atoms with Crippen molar-refractivity contribution in [3.8, 4) is 0 Å². The molecule has 22 heavy (non-hydrogen) atoms. The number of likely N-dealkylation sites (tertiary alicyclic amines) is 1. The molecule has 1 aromatic rings. The van der Waals surface area contributed by atoms with E-state index in [-0.39, 0.29) is 12.1 Å². The van der Waals surface area contributed by atoms with Gasteiger partial charge in [0.05, 0.1) is 0 Å². The van der Waals surface area contributed by atoms with Crippen molar-refractivity contribution in [1.29, 1.82) is 0 Å². The molecule has 1 atom stereocenters. The van der Waals surface area contributed by atoms with Gasteiger partial charge in [-0.2, -0.15) is 0 Å². The lowest BCUT2D eigenvalue weighted by Gasteiger charge is -2.38. The van der Waals surface area contributed by atoms with E-state index in [4.69, 9.17) is 16.3 Å². The van der Waals surface area contributed by atoms with Crippen LogP contribution in [0.5, 0.6) is 0 Å². The standard InChI is InChI=1S/C15H23ClN4O2/c1-15(2,3)22-14(21)20-9-5-6-11(10-20)19(4)13-8-7-12(16)17-18-13/h7-8,11H,5-6,9-10H2,1-4H3. The number of amides is 1. The quantitative estimate of drug-likeness (QED) is 0.836. The van der Waals surface area contributed by atoms with Crippen LogP contribution in [0.1, 0.15) is 33.6 Å². The van der Waals surface area contributed by atoms with Crippen LogP contribution in [-0.4, -0.2) is 53.0 Å². The van der Waals surface area contributed by atoms with Gasteiger partial charge < -0.3 is 14.5 Å². The molecule has 2 rings (SSSR count). The summed E-state index contributed by atoms with van der Waals surface area (Å²) in [5.74, 6) is 0.750. The van der Waals surface area contributed by atoms with Crippen LogP contribution in [0.3, 0.4) is 0 Å². The zero-order valence-corrected chi connectivity index (χ0v) is 14.3. The number of halogens is 1. The van der Waals surface area contributed by atoms with E-state index >= 15 is 0 Å². The van der Waals surface area contributed by atoms with E-state index in [0.29, 0.717) is 11.7 Å². The van der Waals surface area contributed by atoms with Gasteiger partial charge in [0.2, 0.25) is 0 Å². The van der Waals surface area contributed by atoms with Gasteiger partial charge in [-0.1, -0.05) is 11.6 Å². The molecule has 1 amide bonds. The van der Waals surface area contributed by atoms with Gasteiger partial charge in [-0.3, -0.25) is 0 Å². The van der Waals surface area contributed by atoms with Gasteiger partial charge in [0.25, 0.3) is 0 Å². The van der Waals surface area contributed by atoms with Gasteiger partial charge >= 0.3 is 6.09 Å². The summed E-state index contributed by atoms with van der Waals surface area (Å²) in [5, 5.41) is 8.33. The van der Waals surface area contributed by atoms with Gasteiger partial charge in [0, 0.05) is 26.2 Å². The molecule has 1 fully saturated rings. The molecule has 0 spiro atoms. The minimum absolute atomic E-state index is 0.191. The molecule has 6 nitrogen and oxygen atoms in total. The van der Waals surface area contributed by atoms with Crippen molar-refractivity contribution < 1.29 is 9.53 Å². The fraction of sp³-hybridized carbons (Fsp3) is 0.667. The molecule has 1 aromatic heterocycles. The van der Waals surface area contributed by atoms with Gasteiger partial charge in [0.15, 0.2) is 11.0 Å². The van der Waals surface area contributed by atoms with E-state index in [0.717, 1.165) is 25.2 Å². The molecule has 122 valence electrons. The van der Waals surface area contributed by atoms with Gasteiger partial charge in [-0.05, 0) is 45.7 Å². The minimum Gasteiger partial charge on any atom is -0.444 e. The van der Waals surface area contributed by atoms with E-state index < -0.39 is 5.60 Å². The Kier molecular flexibility index (Phi) is 5.11. The first-order valence-electron chi connectivity index (χ1n) is 7.46. The number of ether oxygens (including phenoxy) is 1. The molecule has 0 radical (unpaired) electrons. The molecule has 2 heterocycles. The molecule has 7 heteroatoms. The third-order valence-electron chi connectivity index (χ3n) is 3.58. The summed E-state index contributed by atoms with van der Waals surface area (Å²) >= 11 is 5.77. The van der Waals surface area contributed by atoms with Crippen LogP contribution in [0.15, 0.2) is 12.1 Å². The summed E-state index contributed by atoms with van der Waals surface area (Å²) in [7, 11) is 1.96. The highest BCUT2D eigenvalue weighted by atomic mass is 35.5. The Bertz CT molecular complexity index is 515. The zero-order chi connectivity index (χ0) is 16.3. The fourth-order valence-electron chi connectivity index (χ4n) is 2.45. The van der Waals surface area contributed by atoms with Crippen LogP contribution in [-0.2, 0) is 4.74 Å². The Morgan fingerprint density at radius 3 is 2.73 bits per heavy atom. The predicted octanol–water partition coefficient (Wildman–Crippen LogP) is 2.97. The highest BCUT2D eigenvalue weighted by Gasteiger charge is 2.29. The summed E-state index contributed by atoms with van der Waals surface area (Å²) in [4.78, 5) is 16.0. The molecule has 0 aromatic carbocycles. The van der Waals surface area contributed by atoms with Gasteiger partial charge in [0.1, 0.15) is 5.60 Å². The monoisotopic (exact) mass is 326 g/mol. The lowest BCUT2D eigenvalue weighted by molar-refractivity contribution is 0.0199. The topological polar surface area (TPSA) is 58.6 Å². The number of piperidine rings is 1. The van der Waals surface area contributed by atoms with Crippen molar-refractivity contribution in [2.45, 2.75) is 45.3 Å². The Morgan fingerprint density at radius 2 is 2.14 bits per heavy atom. The second-order valence-corrected chi connectivity index (χ2v) is 6.93. The van der Waals surface area contributed by atoms with Crippen molar-refractivity contribution in [2.75, 3.05) is 25.0 Å². The lowest BCUT2D eigenvalue weighted by Crippen LogP contribution is -2.50. The maximum absolute atomic E-state index is 12.2. The Balaban J connectivity index is 2.00. The Hall–Kier alpha value is -1.56. The van der Waals surface area contributed by atoms with E-state index in [9.17, 15) is 4.79 Å². The number of aromatic nitrogens is 2. The number of hydrogen-bond donors (Lipinski definition) is 0. The van der Waals surface area contributed by atoms with Crippen LogP contribution in [0, 0.1) is 0 Å². The first kappa shape index (κ1) is 16.8. The summed E-state index contributed by atoms with van der Waals surface area (Å²) in [6, 6.07) is 3.74. The van der Waals surface area contributed by atoms with E-state index in [1.807, 2.05) is 38.8 Å². The van der Waals surface area contributed by atoms with E-state index in [2.05, 4.69) is 10.2 Å². The summed E-state index contributed by atoms with van der Waals surface area (Å²) in [6.07, 6.45) is 1.68. The zero-order valence-electron chi connectivity index (χ0n) is 13.5. The second-order valence-electron chi connectivity index (χ2n) is 6.55. The third kappa shape index (κ3) is 4.47. The normalized spacial score (nSPS) is 19.0. The number of carbonyl (C=O) groups is 1. The number of likely N-dealkylation sites (N-methyl/N-ethyl adjacent to an activating group) is 1. The average molecular weight is 327 g/mol. The molecular weight excluding hydrogens is 304 g/mol. The lowest BCUT2D eigenvalue weighted by atomic mass is 10.0. The minimum atomic E-state index is -0.475. The smallest absolute Gasteiger partial charge is 0.410 e. The van der Waals surface area contributed by atoms with Crippen LogP contribution in [0.25, 0.3) is 0 Å². The Morgan fingerprint density at radius 1 is 1.41 bits per heavy atom. The van der Waals surface area contributed by atoms with E-state index in [1.165, 1.54) is 0 Å². The summed E-state index contributed by atoms with van der Waals surface area (Å²) in [5.41, 5.74) is -0.475. The van der Waals surface area contributed by atoms with Crippen molar-refractivity contribution in [3.05, 3.63) is 17.3 Å². The maximum atomic E-state index is 12.2. The van der Waals surface area contributed by atoms with Gasteiger partial charge in [-0.15, -0.1) is 10.2 Å². The average Bonchev–Trinajstić information content (AvgIpc) is 2.46. The van der Waals surface area contributed by atoms with Gasteiger partial charge in [-0.25, -0.2) is 4.79 Å². The first-order chi connectivity index (χ1) is 10.3. The maximum Gasteiger partial charge on any atom is 0.410 e. The first-order valence-corrected chi connectivity index (χ1v) is 7.84. The fourth-order valence-corrected chi connectivity index (χ4v) is 2.55. The number of nitrogens with zero attached hydrogens (tertiary/aromatic N) is 4. The molecule has 1 aliphatic rings.